The molecule has 0 saturated heterocycles. The molecule has 0 fully saturated rings. The van der Waals surface area contributed by atoms with Gasteiger partial charge in [0.15, 0.2) is 10.8 Å². The number of urea groups is 1. The zero-order valence-corrected chi connectivity index (χ0v) is 15.8. The van der Waals surface area contributed by atoms with E-state index in [4.69, 9.17) is 9.47 Å². The SMILES string of the molecule is CCC(=O)c1cnn(C)c1S(=O)(=O)NC(=O)Nc1nc(OC)cc(OC)n1. The van der Waals surface area contributed by atoms with E-state index in [-0.39, 0.29) is 29.7 Å². The Kier molecular flexibility index (Phi) is 5.95. The highest BCUT2D eigenvalue weighted by Crippen LogP contribution is 2.18. The van der Waals surface area contributed by atoms with Crippen LogP contribution in [0.2, 0.25) is 0 Å². The van der Waals surface area contributed by atoms with Crippen LogP contribution in [0.1, 0.15) is 23.7 Å². The van der Waals surface area contributed by atoms with Crippen molar-refractivity contribution < 1.29 is 27.5 Å². The molecule has 0 radical (unpaired) electrons. The molecule has 13 heteroatoms. The van der Waals surface area contributed by atoms with E-state index < -0.39 is 26.9 Å². The van der Waals surface area contributed by atoms with Gasteiger partial charge in [0.1, 0.15) is 0 Å². The van der Waals surface area contributed by atoms with Gasteiger partial charge in [-0.15, -0.1) is 0 Å². The maximum atomic E-state index is 12.5. The number of Topliss-reactive ketones (excluding diaryl/α,β-unsaturated/α-hetero) is 1. The number of carbonyl (C=O) groups excluding carboxylic acids is 2. The van der Waals surface area contributed by atoms with Crippen LogP contribution in [0.3, 0.4) is 0 Å². The van der Waals surface area contributed by atoms with Crippen LogP contribution in [0.5, 0.6) is 11.8 Å². The maximum absolute atomic E-state index is 12.5. The van der Waals surface area contributed by atoms with E-state index >= 15 is 0 Å². The van der Waals surface area contributed by atoms with Crippen molar-refractivity contribution in [2.45, 2.75) is 18.4 Å². The van der Waals surface area contributed by atoms with Crippen molar-refractivity contribution >= 4 is 27.8 Å². The van der Waals surface area contributed by atoms with Crippen LogP contribution >= 0.6 is 0 Å². The first kappa shape index (κ1) is 20.1. The fraction of sp³-hybridized carbons (Fsp3) is 0.357. The first-order valence-electron chi connectivity index (χ1n) is 7.57. The molecule has 0 aromatic carbocycles. The minimum absolute atomic E-state index is 0.0812. The number of nitrogens with zero attached hydrogens (tertiary/aromatic N) is 4. The van der Waals surface area contributed by atoms with Crippen LogP contribution in [0.4, 0.5) is 10.7 Å². The molecule has 27 heavy (non-hydrogen) atoms. The molecule has 0 unspecified atom stereocenters. The van der Waals surface area contributed by atoms with Crippen molar-refractivity contribution in [1.29, 1.82) is 0 Å². The van der Waals surface area contributed by atoms with E-state index in [1.54, 1.807) is 11.6 Å². The minimum Gasteiger partial charge on any atom is -0.481 e. The van der Waals surface area contributed by atoms with Crippen molar-refractivity contribution in [2.75, 3.05) is 19.5 Å². The molecule has 0 aliphatic heterocycles. The van der Waals surface area contributed by atoms with Crippen molar-refractivity contribution in [3.8, 4) is 11.8 Å². The number of ether oxygens (including phenoxy) is 2. The van der Waals surface area contributed by atoms with E-state index in [1.165, 1.54) is 27.3 Å². The second kappa shape index (κ2) is 7.99. The van der Waals surface area contributed by atoms with Crippen molar-refractivity contribution in [1.82, 2.24) is 24.5 Å². The Morgan fingerprint density at radius 1 is 1.19 bits per heavy atom. The van der Waals surface area contributed by atoms with Gasteiger partial charge in [0.25, 0.3) is 10.0 Å². The molecule has 146 valence electrons. The van der Waals surface area contributed by atoms with Crippen molar-refractivity contribution in [2.24, 2.45) is 7.05 Å². The lowest BCUT2D eigenvalue weighted by Crippen LogP contribution is -2.36. The van der Waals surface area contributed by atoms with Gasteiger partial charge in [-0.1, -0.05) is 6.92 Å². The summed E-state index contributed by atoms with van der Waals surface area (Å²) < 4.78 is 37.7. The standard InChI is InChI=1S/C14H18N6O6S/c1-5-9(21)8-7-15-20(2)12(8)27(23,24)19-14(22)18-13-16-10(25-3)6-11(17-13)26-4/h6-7H,5H2,1-4H3,(H2,16,17,18,19,22). The minimum atomic E-state index is -4.38. The van der Waals surface area contributed by atoms with Crippen molar-refractivity contribution in [3.05, 3.63) is 17.8 Å². The zero-order valence-electron chi connectivity index (χ0n) is 15.0. The number of carbonyl (C=O) groups is 2. The predicted molar refractivity (Wildman–Crippen MR) is 92.3 cm³/mol. The van der Waals surface area contributed by atoms with E-state index in [0.29, 0.717) is 0 Å². The average Bonchev–Trinajstić information content (AvgIpc) is 3.02. The third-order valence-corrected chi connectivity index (χ3v) is 4.76. The number of hydrogen-bond acceptors (Lipinski definition) is 9. The van der Waals surface area contributed by atoms with Crippen LogP contribution in [0.15, 0.2) is 17.3 Å². The van der Waals surface area contributed by atoms with Crippen LogP contribution in [-0.2, 0) is 17.1 Å². The van der Waals surface area contributed by atoms with Crippen molar-refractivity contribution in [3.63, 3.8) is 0 Å². The summed E-state index contributed by atoms with van der Waals surface area (Å²) in [5.41, 5.74) is -0.111. The summed E-state index contributed by atoms with van der Waals surface area (Å²) in [6.45, 7) is 1.58. The molecular formula is C14H18N6O6S. The Bertz CT molecular complexity index is 948. The van der Waals surface area contributed by atoms with Gasteiger partial charge in [0.05, 0.1) is 32.0 Å². The first-order chi connectivity index (χ1) is 12.7. The van der Waals surface area contributed by atoms with Gasteiger partial charge in [-0.3, -0.25) is 14.8 Å². The van der Waals surface area contributed by atoms with Crippen LogP contribution in [0, 0.1) is 0 Å². The lowest BCUT2D eigenvalue weighted by atomic mass is 10.2. The molecule has 0 atom stereocenters. The molecule has 0 aliphatic rings. The fourth-order valence-corrected chi connectivity index (χ4v) is 3.34. The summed E-state index contributed by atoms with van der Waals surface area (Å²) >= 11 is 0. The van der Waals surface area contributed by atoms with Gasteiger partial charge < -0.3 is 9.47 Å². The number of anilines is 1. The highest BCUT2D eigenvalue weighted by Gasteiger charge is 2.28. The van der Waals surface area contributed by atoms with E-state index in [0.717, 1.165) is 10.9 Å². The molecule has 2 aromatic rings. The Hall–Kier alpha value is -3.22. The summed E-state index contributed by atoms with van der Waals surface area (Å²) in [6, 6.07) is 0.236. The van der Waals surface area contributed by atoms with E-state index in [1.807, 2.05) is 0 Å². The summed E-state index contributed by atoms with van der Waals surface area (Å²) in [6.07, 6.45) is 1.21. The van der Waals surface area contributed by atoms with E-state index in [2.05, 4.69) is 20.4 Å². The molecule has 2 N–H and O–H groups in total. The fourth-order valence-electron chi connectivity index (χ4n) is 2.09. The largest absolute Gasteiger partial charge is 0.481 e. The quantitative estimate of drug-likeness (QED) is 0.628. The number of aromatic nitrogens is 4. The van der Waals surface area contributed by atoms with Gasteiger partial charge in [-0.05, 0) is 0 Å². The second-order valence-corrected chi connectivity index (χ2v) is 6.70. The normalized spacial score (nSPS) is 11.0. The lowest BCUT2D eigenvalue weighted by Gasteiger charge is -2.10. The maximum Gasteiger partial charge on any atom is 0.335 e. The highest BCUT2D eigenvalue weighted by atomic mass is 32.2. The number of rotatable bonds is 7. The molecular weight excluding hydrogens is 380 g/mol. The molecule has 2 rings (SSSR count). The first-order valence-corrected chi connectivity index (χ1v) is 9.06. The number of nitrogens with one attached hydrogen (secondary N) is 2. The number of amides is 2. The Labute approximate surface area is 155 Å². The van der Waals surface area contributed by atoms with Crippen LogP contribution < -0.4 is 19.5 Å². The van der Waals surface area contributed by atoms with Crippen LogP contribution in [-0.4, -0.2) is 54.2 Å². The molecule has 0 aliphatic carbocycles. The monoisotopic (exact) mass is 398 g/mol. The summed E-state index contributed by atoms with van der Waals surface area (Å²) in [4.78, 5) is 31.7. The molecule has 0 bridgehead atoms. The number of hydrogen-bond donors (Lipinski definition) is 2. The van der Waals surface area contributed by atoms with Gasteiger partial charge >= 0.3 is 6.03 Å². The van der Waals surface area contributed by atoms with Gasteiger partial charge in [0.2, 0.25) is 17.7 Å². The third kappa shape index (κ3) is 4.49. The number of sulfonamides is 1. The topological polar surface area (TPSA) is 154 Å². The molecule has 12 nitrogen and oxygen atoms in total. The van der Waals surface area contributed by atoms with E-state index in [9.17, 15) is 18.0 Å². The zero-order chi connectivity index (χ0) is 20.2. The van der Waals surface area contributed by atoms with Gasteiger partial charge in [-0.2, -0.15) is 23.5 Å². The molecule has 0 saturated carbocycles. The molecule has 2 amide bonds. The predicted octanol–water partition coefficient (Wildman–Crippen LogP) is 0.330. The van der Waals surface area contributed by atoms with Crippen LogP contribution in [0.25, 0.3) is 0 Å². The lowest BCUT2D eigenvalue weighted by molar-refractivity contribution is 0.0984. The van der Waals surface area contributed by atoms with Gasteiger partial charge in [0, 0.05) is 13.5 Å². The summed E-state index contributed by atoms with van der Waals surface area (Å²) in [7, 11) is -0.338. The highest BCUT2D eigenvalue weighted by molar-refractivity contribution is 7.90. The number of ketones is 1. The summed E-state index contributed by atoms with van der Waals surface area (Å²) in [5.74, 6) is -0.469. The third-order valence-electron chi connectivity index (χ3n) is 3.31. The molecule has 2 heterocycles. The Morgan fingerprint density at radius 2 is 1.78 bits per heavy atom. The Morgan fingerprint density at radius 3 is 2.30 bits per heavy atom. The van der Waals surface area contributed by atoms with Gasteiger partial charge in [-0.25, -0.2) is 9.52 Å². The second-order valence-electron chi connectivity index (χ2n) is 5.10. The smallest absolute Gasteiger partial charge is 0.335 e. The number of aryl methyl sites for hydroxylation is 1. The molecule has 0 spiro atoms. The molecule has 2 aromatic heterocycles. The number of methoxy groups -OCH3 is 2. The average molecular weight is 398 g/mol. The Balaban J connectivity index is 2.26. The summed E-state index contributed by atoms with van der Waals surface area (Å²) in [5, 5.41) is 5.52.